The van der Waals surface area contributed by atoms with Gasteiger partial charge in [-0.2, -0.15) is 9.37 Å². The predicted molar refractivity (Wildman–Crippen MR) is 83.7 cm³/mol. The van der Waals surface area contributed by atoms with Crippen LogP contribution in [0.25, 0.3) is 12.0 Å². The second kappa shape index (κ2) is 5.53. The van der Waals surface area contributed by atoms with Crippen molar-refractivity contribution in [2.24, 2.45) is 0 Å². The summed E-state index contributed by atoms with van der Waals surface area (Å²) in [5.74, 6) is 1.69. The van der Waals surface area contributed by atoms with E-state index in [1.165, 1.54) is 17.0 Å². The fourth-order valence-corrected chi connectivity index (χ4v) is 2.27. The van der Waals surface area contributed by atoms with Crippen LogP contribution < -0.4 is 10.2 Å². The number of aromatic nitrogens is 4. The molecule has 0 aliphatic carbocycles. The number of carbonyl (C=O) groups excluding carboxylic acids is 1. The maximum atomic E-state index is 13.4. The third-order valence-corrected chi connectivity index (χ3v) is 3.42. The Morgan fingerprint density at radius 3 is 3.04 bits per heavy atom. The van der Waals surface area contributed by atoms with Crippen molar-refractivity contribution >= 4 is 23.5 Å². The zero-order valence-electron chi connectivity index (χ0n) is 12.5. The minimum absolute atomic E-state index is 0.162. The van der Waals surface area contributed by atoms with Crippen LogP contribution in [0.1, 0.15) is 11.4 Å². The summed E-state index contributed by atoms with van der Waals surface area (Å²) in [5, 5.41) is 2.69. The van der Waals surface area contributed by atoms with Crippen molar-refractivity contribution in [3.63, 3.8) is 0 Å². The molecule has 0 saturated heterocycles. The molecule has 7 nitrogen and oxygen atoms in total. The van der Waals surface area contributed by atoms with Crippen LogP contribution in [0.4, 0.5) is 15.9 Å². The molecule has 3 heterocycles. The molecule has 1 aliphatic rings. The minimum Gasteiger partial charge on any atom is -0.361 e. The van der Waals surface area contributed by atoms with Crippen molar-refractivity contribution < 1.29 is 9.18 Å². The van der Waals surface area contributed by atoms with E-state index in [-0.39, 0.29) is 18.4 Å². The van der Waals surface area contributed by atoms with Crippen molar-refractivity contribution in [1.82, 2.24) is 19.5 Å². The van der Waals surface area contributed by atoms with Crippen molar-refractivity contribution in [1.29, 1.82) is 0 Å². The summed E-state index contributed by atoms with van der Waals surface area (Å²) >= 11 is 0. The molecule has 0 fully saturated rings. The number of rotatable bonds is 2. The van der Waals surface area contributed by atoms with Crippen molar-refractivity contribution in [3.8, 4) is 18.3 Å². The lowest BCUT2D eigenvalue weighted by molar-refractivity contribution is -0.115. The normalized spacial score (nSPS) is 14.3. The topological polar surface area (TPSA) is 75.9 Å². The number of carbonyl (C=O) groups is 1. The monoisotopic (exact) mass is 312 g/mol. The van der Waals surface area contributed by atoms with Gasteiger partial charge in [-0.1, -0.05) is 0 Å². The van der Waals surface area contributed by atoms with Crippen molar-refractivity contribution in [2.75, 3.05) is 23.8 Å². The van der Waals surface area contributed by atoms with E-state index in [0.717, 1.165) is 0 Å². The van der Waals surface area contributed by atoms with Gasteiger partial charge in [-0.25, -0.2) is 9.97 Å². The number of terminal acetylenes is 1. The van der Waals surface area contributed by atoms with Crippen LogP contribution in [-0.2, 0) is 4.79 Å². The SMILES string of the molecule is C#C/C(F)=C\c1c(C)ncn1-c1ncc2c(n1)NC(=O)CN2C. The Morgan fingerprint density at radius 1 is 1.52 bits per heavy atom. The van der Waals surface area contributed by atoms with E-state index in [0.29, 0.717) is 22.9 Å². The van der Waals surface area contributed by atoms with E-state index in [4.69, 9.17) is 6.42 Å². The van der Waals surface area contributed by atoms with Gasteiger partial charge in [-0.15, -0.1) is 6.42 Å². The molecular formula is C15H13FN6O. The van der Waals surface area contributed by atoms with Gasteiger partial charge < -0.3 is 10.2 Å². The second-order valence-electron chi connectivity index (χ2n) is 5.03. The third kappa shape index (κ3) is 2.64. The molecule has 0 radical (unpaired) electrons. The molecule has 0 atom stereocenters. The van der Waals surface area contributed by atoms with Crippen molar-refractivity contribution in [2.45, 2.75) is 6.92 Å². The summed E-state index contributed by atoms with van der Waals surface area (Å²) in [7, 11) is 1.78. The lowest BCUT2D eigenvalue weighted by Gasteiger charge is -2.26. The molecule has 1 amide bonds. The summed E-state index contributed by atoms with van der Waals surface area (Å²) in [6.07, 6.45) is 9.30. The molecule has 0 bridgehead atoms. The van der Waals surface area contributed by atoms with Gasteiger partial charge in [0.1, 0.15) is 6.33 Å². The molecule has 0 spiro atoms. The van der Waals surface area contributed by atoms with E-state index in [2.05, 4.69) is 20.3 Å². The number of aryl methyl sites for hydroxylation is 1. The zero-order chi connectivity index (χ0) is 16.6. The highest BCUT2D eigenvalue weighted by Crippen LogP contribution is 2.26. The first-order chi connectivity index (χ1) is 11.0. The Hall–Kier alpha value is -3.21. The number of imidazole rings is 1. The van der Waals surface area contributed by atoms with E-state index < -0.39 is 5.83 Å². The molecule has 8 heteroatoms. The summed E-state index contributed by atoms with van der Waals surface area (Å²) in [4.78, 5) is 26.1. The molecule has 23 heavy (non-hydrogen) atoms. The van der Waals surface area contributed by atoms with Crippen molar-refractivity contribution in [3.05, 3.63) is 29.7 Å². The maximum absolute atomic E-state index is 13.4. The molecule has 0 saturated carbocycles. The Balaban J connectivity index is 2.09. The number of allylic oxidation sites excluding steroid dienone is 1. The van der Waals surface area contributed by atoms with E-state index >= 15 is 0 Å². The maximum Gasteiger partial charge on any atom is 0.245 e. The first kappa shape index (κ1) is 14.7. The number of halogens is 1. The van der Waals surface area contributed by atoms with Gasteiger partial charge in [0, 0.05) is 13.1 Å². The minimum atomic E-state index is -0.721. The third-order valence-electron chi connectivity index (χ3n) is 3.42. The molecular weight excluding hydrogens is 299 g/mol. The fourth-order valence-electron chi connectivity index (χ4n) is 2.27. The molecule has 3 rings (SSSR count). The van der Waals surface area contributed by atoms with Crippen LogP contribution in [0.3, 0.4) is 0 Å². The Bertz CT molecular complexity index is 863. The molecule has 0 unspecified atom stereocenters. The lowest BCUT2D eigenvalue weighted by atomic mass is 10.3. The molecule has 116 valence electrons. The van der Waals surface area contributed by atoms with Crippen LogP contribution in [0.5, 0.6) is 0 Å². The van der Waals surface area contributed by atoms with Gasteiger partial charge in [0.15, 0.2) is 11.6 Å². The number of nitrogens with one attached hydrogen (secondary N) is 1. The summed E-state index contributed by atoms with van der Waals surface area (Å²) in [5.41, 5.74) is 1.73. The van der Waals surface area contributed by atoms with Gasteiger partial charge in [0.2, 0.25) is 11.9 Å². The average molecular weight is 312 g/mol. The number of anilines is 2. The number of likely N-dealkylation sites (N-methyl/N-ethyl adjacent to an activating group) is 1. The van der Waals surface area contributed by atoms with Gasteiger partial charge >= 0.3 is 0 Å². The highest BCUT2D eigenvalue weighted by molar-refractivity contribution is 5.99. The van der Waals surface area contributed by atoms with Gasteiger partial charge in [-0.3, -0.25) is 9.36 Å². The highest BCUT2D eigenvalue weighted by atomic mass is 19.1. The van der Waals surface area contributed by atoms with E-state index in [1.54, 1.807) is 25.1 Å². The first-order valence-corrected chi connectivity index (χ1v) is 6.75. The summed E-state index contributed by atoms with van der Waals surface area (Å²) in [6, 6.07) is 0. The molecule has 2 aromatic rings. The predicted octanol–water partition coefficient (Wildman–Crippen LogP) is 1.30. The highest BCUT2D eigenvalue weighted by Gasteiger charge is 2.22. The van der Waals surface area contributed by atoms with Crippen LogP contribution in [-0.4, -0.2) is 39.0 Å². The number of fused-ring (bicyclic) bond motifs is 1. The number of hydrogen-bond donors (Lipinski definition) is 1. The lowest BCUT2D eigenvalue weighted by Crippen LogP contribution is -2.36. The summed E-state index contributed by atoms with van der Waals surface area (Å²) < 4.78 is 14.9. The average Bonchev–Trinajstić information content (AvgIpc) is 2.87. The number of hydrogen-bond acceptors (Lipinski definition) is 5. The van der Waals surface area contributed by atoms with Crippen LogP contribution in [0.2, 0.25) is 0 Å². The second-order valence-corrected chi connectivity index (χ2v) is 5.03. The number of nitrogens with zero attached hydrogens (tertiary/aromatic N) is 5. The van der Waals surface area contributed by atoms with Gasteiger partial charge in [-0.05, 0) is 12.8 Å². The van der Waals surface area contributed by atoms with Crippen LogP contribution in [0.15, 0.2) is 18.4 Å². The van der Waals surface area contributed by atoms with E-state index in [1.807, 2.05) is 5.92 Å². The van der Waals surface area contributed by atoms with Crippen LogP contribution >= 0.6 is 0 Å². The standard InChI is InChI=1S/C15H13FN6O/c1-4-10(16)5-11-9(2)18-8-22(11)15-17-6-12-14(20-15)19-13(23)7-21(12)3/h1,5-6,8H,7H2,2-3H3,(H,17,19,20,23)/b10-5+. The Kier molecular flexibility index (Phi) is 3.54. The molecule has 2 aromatic heterocycles. The molecule has 0 aromatic carbocycles. The van der Waals surface area contributed by atoms with Gasteiger partial charge in [0.25, 0.3) is 0 Å². The quantitative estimate of drug-likeness (QED) is 0.846. The van der Waals surface area contributed by atoms with Crippen LogP contribution in [0, 0.1) is 19.3 Å². The Labute approximate surface area is 131 Å². The van der Waals surface area contributed by atoms with E-state index in [9.17, 15) is 9.18 Å². The Morgan fingerprint density at radius 2 is 2.30 bits per heavy atom. The molecule has 1 N–H and O–H groups in total. The zero-order valence-corrected chi connectivity index (χ0v) is 12.5. The van der Waals surface area contributed by atoms with Gasteiger partial charge in [0.05, 0.1) is 29.8 Å². The first-order valence-electron chi connectivity index (χ1n) is 6.75. The smallest absolute Gasteiger partial charge is 0.245 e. The number of amides is 1. The fraction of sp³-hybridized carbons (Fsp3) is 0.200. The largest absolute Gasteiger partial charge is 0.361 e. The summed E-state index contributed by atoms with van der Waals surface area (Å²) in [6.45, 7) is 1.96. The molecule has 1 aliphatic heterocycles.